The first-order valence-electron chi connectivity index (χ1n) is 7.36. The van der Waals surface area contributed by atoms with Crippen LogP contribution in [0.25, 0.3) is 10.6 Å². The molecule has 0 spiro atoms. The lowest BCUT2D eigenvalue weighted by Crippen LogP contribution is -2.34. The summed E-state index contributed by atoms with van der Waals surface area (Å²) in [6.45, 7) is 1.99. The van der Waals surface area contributed by atoms with E-state index < -0.39 is 17.9 Å². The Kier molecular flexibility index (Phi) is 4.87. The van der Waals surface area contributed by atoms with Crippen LogP contribution >= 0.6 is 22.9 Å². The van der Waals surface area contributed by atoms with Gasteiger partial charge in [0.25, 0.3) is 5.91 Å². The molecule has 8 heteroatoms. The Morgan fingerprint density at radius 2 is 2.04 bits per heavy atom. The number of hydrogen-bond donors (Lipinski definition) is 3. The molecule has 0 saturated carbocycles. The molecule has 3 N–H and O–H groups in total. The third-order valence-corrected chi connectivity index (χ3v) is 4.93. The van der Waals surface area contributed by atoms with Gasteiger partial charge in [0.1, 0.15) is 0 Å². The number of nitrogens with zero attached hydrogens (tertiary/aromatic N) is 1. The maximum atomic E-state index is 12.4. The van der Waals surface area contributed by atoms with E-state index in [-0.39, 0.29) is 10.7 Å². The van der Waals surface area contributed by atoms with Crippen LogP contribution in [0, 0.1) is 6.92 Å². The molecule has 2 aromatic heterocycles. The van der Waals surface area contributed by atoms with Crippen molar-refractivity contribution in [3.8, 4) is 10.6 Å². The molecule has 1 atom stereocenters. The second kappa shape index (κ2) is 7.08. The summed E-state index contributed by atoms with van der Waals surface area (Å²) in [6, 6.07) is 10.7. The Balaban J connectivity index is 1.82. The number of aromatic amines is 1. The molecule has 0 aliphatic carbocycles. The molecular weight excluding hydrogens is 362 g/mol. The van der Waals surface area contributed by atoms with E-state index >= 15 is 0 Å². The average Bonchev–Trinajstić information content (AvgIpc) is 3.22. The topological polar surface area (TPSA) is 95.1 Å². The number of aliphatic carboxylic acids is 1. The molecule has 128 valence electrons. The van der Waals surface area contributed by atoms with Gasteiger partial charge in [-0.15, -0.1) is 11.3 Å². The monoisotopic (exact) mass is 375 g/mol. The van der Waals surface area contributed by atoms with Crippen molar-refractivity contribution in [2.45, 2.75) is 13.0 Å². The number of carbonyl (C=O) groups excluding carboxylic acids is 1. The molecular formula is C17H14ClN3O3S. The van der Waals surface area contributed by atoms with Gasteiger partial charge in [-0.1, -0.05) is 29.8 Å². The average molecular weight is 376 g/mol. The van der Waals surface area contributed by atoms with Gasteiger partial charge in [-0.05, 0) is 31.2 Å². The number of aryl methyl sites for hydroxylation is 1. The van der Waals surface area contributed by atoms with Crippen LogP contribution in [-0.4, -0.2) is 27.2 Å². The van der Waals surface area contributed by atoms with Gasteiger partial charge >= 0.3 is 5.97 Å². The number of amides is 1. The zero-order valence-corrected chi connectivity index (χ0v) is 14.7. The Hall–Kier alpha value is -2.64. The minimum atomic E-state index is -1.26. The number of halogens is 1. The van der Waals surface area contributed by atoms with Gasteiger partial charge in [0.2, 0.25) is 0 Å². The molecule has 3 rings (SSSR count). The summed E-state index contributed by atoms with van der Waals surface area (Å²) in [6.07, 6.45) is 0. The maximum absolute atomic E-state index is 12.4. The highest BCUT2D eigenvalue weighted by atomic mass is 35.5. The van der Waals surface area contributed by atoms with Crippen molar-refractivity contribution in [1.29, 1.82) is 0 Å². The number of benzene rings is 1. The van der Waals surface area contributed by atoms with Gasteiger partial charge in [-0.2, -0.15) is 5.10 Å². The number of aromatic nitrogens is 2. The smallest absolute Gasteiger partial charge is 0.330 e. The largest absolute Gasteiger partial charge is 0.479 e. The van der Waals surface area contributed by atoms with E-state index in [0.717, 1.165) is 9.75 Å². The second-order valence-corrected chi connectivity index (χ2v) is 7.04. The molecule has 0 fully saturated rings. The fourth-order valence-corrected chi connectivity index (χ4v) is 3.41. The van der Waals surface area contributed by atoms with E-state index in [1.807, 2.05) is 19.1 Å². The fraction of sp³-hybridized carbons (Fsp3) is 0.118. The van der Waals surface area contributed by atoms with E-state index in [0.29, 0.717) is 11.3 Å². The van der Waals surface area contributed by atoms with E-state index in [1.54, 1.807) is 41.7 Å². The van der Waals surface area contributed by atoms with Crippen LogP contribution in [0.3, 0.4) is 0 Å². The van der Waals surface area contributed by atoms with Gasteiger partial charge < -0.3 is 10.4 Å². The minimum Gasteiger partial charge on any atom is -0.479 e. The van der Waals surface area contributed by atoms with Crippen LogP contribution in [0.4, 0.5) is 0 Å². The van der Waals surface area contributed by atoms with E-state index in [9.17, 15) is 14.7 Å². The van der Waals surface area contributed by atoms with Crippen molar-refractivity contribution in [3.63, 3.8) is 0 Å². The maximum Gasteiger partial charge on any atom is 0.330 e. The van der Waals surface area contributed by atoms with Gasteiger partial charge in [0.15, 0.2) is 11.7 Å². The van der Waals surface area contributed by atoms with E-state index in [1.165, 1.54) is 0 Å². The lowest BCUT2D eigenvalue weighted by atomic mass is 10.1. The lowest BCUT2D eigenvalue weighted by Gasteiger charge is -2.15. The van der Waals surface area contributed by atoms with Gasteiger partial charge in [0, 0.05) is 15.5 Å². The summed E-state index contributed by atoms with van der Waals surface area (Å²) in [5.74, 6) is -1.80. The second-order valence-electron chi connectivity index (χ2n) is 5.34. The Morgan fingerprint density at radius 1 is 1.28 bits per heavy atom. The molecule has 3 aromatic rings. The fourth-order valence-electron chi connectivity index (χ4n) is 2.33. The number of thiophene rings is 1. The molecule has 25 heavy (non-hydrogen) atoms. The summed E-state index contributed by atoms with van der Waals surface area (Å²) in [5, 5.41) is 18.9. The predicted octanol–water partition coefficient (Wildman–Crippen LogP) is 3.66. The first-order chi connectivity index (χ1) is 12.0. The number of carboxylic acids is 1. The molecule has 0 radical (unpaired) electrons. The number of carboxylic acid groups (broad SMARTS) is 1. The molecule has 6 nitrogen and oxygen atoms in total. The van der Waals surface area contributed by atoms with Crippen molar-refractivity contribution < 1.29 is 14.7 Å². The highest BCUT2D eigenvalue weighted by Crippen LogP contribution is 2.27. The van der Waals surface area contributed by atoms with E-state index in [2.05, 4.69) is 15.5 Å². The molecule has 0 unspecified atom stereocenters. The summed E-state index contributed by atoms with van der Waals surface area (Å²) in [5.41, 5.74) is 1.13. The number of hydrogen-bond acceptors (Lipinski definition) is 4. The summed E-state index contributed by atoms with van der Waals surface area (Å²) >= 11 is 7.61. The minimum absolute atomic E-state index is 0.111. The standard InChI is InChI=1S/C17H14ClN3O3S/c1-9-6-7-14(25-9)12-8-13(21-20-12)16(22)19-15(17(23)24)10-4-2-3-5-11(10)18/h2-8,15H,1H3,(H,19,22)(H,20,21)(H,23,24)/t15-/m1/s1. The normalized spacial score (nSPS) is 11.9. The van der Waals surface area contributed by atoms with Crippen LogP contribution in [-0.2, 0) is 4.79 Å². The van der Waals surface area contributed by atoms with Crippen LogP contribution in [0.15, 0.2) is 42.5 Å². The number of carbonyl (C=O) groups is 2. The third-order valence-electron chi connectivity index (χ3n) is 3.55. The third kappa shape index (κ3) is 3.72. The first kappa shape index (κ1) is 17.2. The molecule has 0 aliphatic rings. The Labute approximate surface area is 152 Å². The highest BCUT2D eigenvalue weighted by Gasteiger charge is 2.25. The predicted molar refractivity (Wildman–Crippen MR) is 95.9 cm³/mol. The Morgan fingerprint density at radius 3 is 2.68 bits per heavy atom. The van der Waals surface area contributed by atoms with Crippen LogP contribution < -0.4 is 5.32 Å². The molecule has 1 amide bonds. The van der Waals surface area contributed by atoms with Gasteiger partial charge in [-0.25, -0.2) is 4.79 Å². The van der Waals surface area contributed by atoms with Crippen LogP contribution in [0.1, 0.15) is 27.0 Å². The first-order valence-corrected chi connectivity index (χ1v) is 8.55. The van der Waals surface area contributed by atoms with E-state index in [4.69, 9.17) is 11.6 Å². The molecule has 0 aliphatic heterocycles. The lowest BCUT2D eigenvalue weighted by molar-refractivity contribution is -0.139. The summed E-state index contributed by atoms with van der Waals surface area (Å²) < 4.78 is 0. The molecule has 0 saturated heterocycles. The van der Waals surface area contributed by atoms with Crippen molar-refractivity contribution in [2.24, 2.45) is 0 Å². The van der Waals surface area contributed by atoms with Gasteiger partial charge in [-0.3, -0.25) is 9.89 Å². The van der Waals surface area contributed by atoms with Crippen molar-refractivity contribution >= 4 is 34.8 Å². The zero-order valence-electron chi connectivity index (χ0n) is 13.1. The number of nitrogens with one attached hydrogen (secondary N) is 2. The summed E-state index contributed by atoms with van der Waals surface area (Å²) in [4.78, 5) is 26.0. The van der Waals surface area contributed by atoms with Crippen molar-refractivity contribution in [1.82, 2.24) is 15.5 Å². The highest BCUT2D eigenvalue weighted by molar-refractivity contribution is 7.15. The zero-order chi connectivity index (χ0) is 18.0. The molecule has 0 bridgehead atoms. The number of H-pyrrole nitrogens is 1. The molecule has 2 heterocycles. The SMILES string of the molecule is Cc1ccc(-c2cc(C(=O)N[C@@H](C(=O)O)c3ccccc3Cl)n[nH]2)s1. The Bertz CT molecular complexity index is 935. The quantitative estimate of drug-likeness (QED) is 0.634. The van der Waals surface area contributed by atoms with Crippen molar-refractivity contribution in [2.75, 3.05) is 0 Å². The number of rotatable bonds is 5. The summed E-state index contributed by atoms with van der Waals surface area (Å²) in [7, 11) is 0. The van der Waals surface area contributed by atoms with Crippen LogP contribution in [0.5, 0.6) is 0 Å². The van der Waals surface area contributed by atoms with Crippen molar-refractivity contribution in [3.05, 3.63) is 63.6 Å². The van der Waals surface area contributed by atoms with Crippen LogP contribution in [0.2, 0.25) is 5.02 Å². The molecule has 1 aromatic carbocycles. The van der Waals surface area contributed by atoms with Gasteiger partial charge in [0.05, 0.1) is 10.6 Å².